The fourth-order valence-electron chi connectivity index (χ4n) is 2.07. The van der Waals surface area contributed by atoms with Gasteiger partial charge in [-0.1, -0.05) is 0 Å². The van der Waals surface area contributed by atoms with Gasteiger partial charge in [0.05, 0.1) is 13.2 Å². The van der Waals surface area contributed by atoms with Crippen LogP contribution in [0.1, 0.15) is 13.8 Å². The van der Waals surface area contributed by atoms with Crippen molar-refractivity contribution in [3.8, 4) is 0 Å². The summed E-state index contributed by atoms with van der Waals surface area (Å²) >= 11 is 0. The maximum Gasteiger partial charge on any atom is 0.156 e. The van der Waals surface area contributed by atoms with E-state index in [2.05, 4.69) is 0 Å². The minimum atomic E-state index is -0.968. The number of fused-ring (bicyclic) bond motifs is 1. The van der Waals surface area contributed by atoms with Crippen molar-refractivity contribution >= 4 is 0 Å². The van der Waals surface area contributed by atoms with Gasteiger partial charge in [0.25, 0.3) is 0 Å². The van der Waals surface area contributed by atoms with Gasteiger partial charge in [0.1, 0.15) is 24.4 Å². The van der Waals surface area contributed by atoms with Gasteiger partial charge in [0, 0.05) is 0 Å². The molecular weight excluding hydrogens is 216 g/mol. The van der Waals surface area contributed by atoms with Crippen LogP contribution in [0.25, 0.3) is 0 Å². The molecule has 0 aromatic heterocycles. The lowest BCUT2D eigenvalue weighted by Crippen LogP contribution is -2.60. The zero-order valence-electron chi connectivity index (χ0n) is 9.41. The molecule has 6 atom stereocenters. The molecule has 6 nitrogen and oxygen atoms in total. The Balaban J connectivity index is 2.08. The average Bonchev–Trinajstić information content (AvgIpc) is 2.27. The van der Waals surface area contributed by atoms with E-state index in [0.29, 0.717) is 6.61 Å². The molecular formula is C10H18O6. The largest absolute Gasteiger partial charge is 0.394 e. The molecule has 2 heterocycles. The highest BCUT2D eigenvalue weighted by atomic mass is 16.8. The highest BCUT2D eigenvalue weighted by Crippen LogP contribution is 2.28. The first-order valence-corrected chi connectivity index (χ1v) is 5.48. The van der Waals surface area contributed by atoms with Crippen LogP contribution in [0.15, 0.2) is 0 Å². The smallest absolute Gasteiger partial charge is 0.156 e. The molecule has 0 radical (unpaired) electrons. The Bertz CT molecular complexity index is 233. The minimum Gasteiger partial charge on any atom is -0.394 e. The highest BCUT2D eigenvalue weighted by molar-refractivity contribution is 4.89. The van der Waals surface area contributed by atoms with Crippen LogP contribution in [0, 0.1) is 0 Å². The number of hydrogen-bond donors (Lipinski definition) is 2. The summed E-state index contributed by atoms with van der Waals surface area (Å²) in [5.74, 6) is 0. The predicted octanol–water partition coefficient (Wildman–Crippen LogP) is -0.769. The van der Waals surface area contributed by atoms with Crippen LogP contribution in [0.4, 0.5) is 0 Å². The average molecular weight is 234 g/mol. The molecule has 2 saturated heterocycles. The summed E-state index contributed by atoms with van der Waals surface area (Å²) in [6, 6.07) is 0. The van der Waals surface area contributed by atoms with Crippen LogP contribution < -0.4 is 0 Å². The maximum absolute atomic E-state index is 9.67. The van der Waals surface area contributed by atoms with E-state index in [1.807, 2.05) is 0 Å². The number of ether oxygens (including phenoxy) is 4. The normalized spacial score (nSPS) is 46.1. The molecule has 6 heteroatoms. The molecule has 0 bridgehead atoms. The number of aliphatic hydroxyl groups is 2. The first-order chi connectivity index (χ1) is 7.61. The molecule has 2 N–H and O–H groups in total. The van der Waals surface area contributed by atoms with Crippen LogP contribution in [-0.4, -0.2) is 60.4 Å². The van der Waals surface area contributed by atoms with E-state index in [1.54, 1.807) is 13.8 Å². The predicted molar refractivity (Wildman–Crippen MR) is 52.6 cm³/mol. The van der Waals surface area contributed by atoms with E-state index >= 15 is 0 Å². The number of rotatable bonds is 2. The zero-order valence-corrected chi connectivity index (χ0v) is 9.41. The van der Waals surface area contributed by atoms with Crippen molar-refractivity contribution in [1.82, 2.24) is 0 Å². The van der Waals surface area contributed by atoms with Gasteiger partial charge in [-0.05, 0) is 13.8 Å². The Labute approximate surface area is 94.1 Å². The quantitative estimate of drug-likeness (QED) is 0.653. The molecule has 0 spiro atoms. The molecule has 94 valence electrons. The molecule has 2 fully saturated rings. The van der Waals surface area contributed by atoms with E-state index in [0.717, 1.165) is 0 Å². The summed E-state index contributed by atoms with van der Waals surface area (Å²) in [5.41, 5.74) is 0. The van der Waals surface area contributed by atoms with Crippen molar-refractivity contribution in [2.45, 2.75) is 50.8 Å². The SMILES string of the molecule is C[C@@H]1OC[C@@H]2O[C@H](C)O[C@H]([C@H](O)CO)[C@@H]2O1. The van der Waals surface area contributed by atoms with Gasteiger partial charge in [-0.15, -0.1) is 0 Å². The van der Waals surface area contributed by atoms with Crippen molar-refractivity contribution in [2.75, 3.05) is 13.2 Å². The molecule has 0 saturated carbocycles. The highest BCUT2D eigenvalue weighted by Gasteiger charge is 2.45. The maximum atomic E-state index is 9.67. The molecule has 0 amide bonds. The van der Waals surface area contributed by atoms with Gasteiger partial charge in [-0.2, -0.15) is 0 Å². The third kappa shape index (κ3) is 2.37. The van der Waals surface area contributed by atoms with E-state index in [-0.39, 0.29) is 19.0 Å². The molecule has 16 heavy (non-hydrogen) atoms. The number of aliphatic hydroxyl groups excluding tert-OH is 2. The van der Waals surface area contributed by atoms with Crippen LogP contribution in [-0.2, 0) is 18.9 Å². The first-order valence-electron chi connectivity index (χ1n) is 5.48. The summed E-state index contributed by atoms with van der Waals surface area (Å²) in [5, 5.41) is 18.6. The zero-order chi connectivity index (χ0) is 11.7. The summed E-state index contributed by atoms with van der Waals surface area (Å²) in [6.07, 6.45) is -2.99. The molecule has 0 unspecified atom stereocenters. The Morgan fingerprint density at radius 3 is 2.62 bits per heavy atom. The fraction of sp³-hybridized carbons (Fsp3) is 1.00. The van der Waals surface area contributed by atoms with E-state index in [9.17, 15) is 5.11 Å². The minimum absolute atomic E-state index is 0.258. The van der Waals surface area contributed by atoms with Gasteiger partial charge >= 0.3 is 0 Å². The van der Waals surface area contributed by atoms with Crippen LogP contribution >= 0.6 is 0 Å². The van der Waals surface area contributed by atoms with E-state index in [4.69, 9.17) is 24.1 Å². The number of hydrogen-bond acceptors (Lipinski definition) is 6. The fourth-order valence-corrected chi connectivity index (χ4v) is 2.07. The second-order valence-corrected chi connectivity index (χ2v) is 4.09. The van der Waals surface area contributed by atoms with Crippen molar-refractivity contribution in [1.29, 1.82) is 0 Å². The first kappa shape index (κ1) is 12.2. The summed E-state index contributed by atoms with van der Waals surface area (Å²) in [7, 11) is 0. The standard InChI is InChI=1S/C10H18O6/c1-5-13-4-8-10(15-5)9(7(12)3-11)16-6(2)14-8/h5-12H,3-4H2,1-2H3/t5-,6+,7-,8+,9-,10-/m1/s1. The van der Waals surface area contributed by atoms with Crippen molar-refractivity contribution in [2.24, 2.45) is 0 Å². The van der Waals surface area contributed by atoms with Crippen LogP contribution in [0.2, 0.25) is 0 Å². The summed E-state index contributed by atoms with van der Waals surface area (Å²) < 4.78 is 21.8. The Morgan fingerprint density at radius 1 is 1.19 bits per heavy atom. The van der Waals surface area contributed by atoms with Gasteiger partial charge in [-0.3, -0.25) is 0 Å². The third-order valence-electron chi connectivity index (χ3n) is 2.82. The third-order valence-corrected chi connectivity index (χ3v) is 2.82. The van der Waals surface area contributed by atoms with Crippen molar-refractivity contribution in [3.63, 3.8) is 0 Å². The molecule has 0 aromatic rings. The lowest BCUT2D eigenvalue weighted by Gasteiger charge is -2.45. The Kier molecular flexibility index (Phi) is 3.78. The Morgan fingerprint density at radius 2 is 1.94 bits per heavy atom. The van der Waals surface area contributed by atoms with Gasteiger partial charge < -0.3 is 29.2 Å². The van der Waals surface area contributed by atoms with Crippen molar-refractivity contribution < 1.29 is 29.2 Å². The van der Waals surface area contributed by atoms with E-state index in [1.165, 1.54) is 0 Å². The van der Waals surface area contributed by atoms with E-state index < -0.39 is 24.6 Å². The second-order valence-electron chi connectivity index (χ2n) is 4.09. The van der Waals surface area contributed by atoms with Crippen molar-refractivity contribution in [3.05, 3.63) is 0 Å². The summed E-state index contributed by atoms with van der Waals surface area (Å²) in [4.78, 5) is 0. The molecule has 0 aromatic carbocycles. The topological polar surface area (TPSA) is 77.4 Å². The van der Waals surface area contributed by atoms with Gasteiger partial charge in [0.2, 0.25) is 0 Å². The molecule has 2 aliphatic rings. The van der Waals surface area contributed by atoms with Gasteiger partial charge in [-0.25, -0.2) is 0 Å². The molecule has 2 rings (SSSR count). The monoisotopic (exact) mass is 234 g/mol. The lowest BCUT2D eigenvalue weighted by atomic mass is 10.0. The molecule has 0 aliphatic carbocycles. The Hall–Kier alpha value is -0.240. The second kappa shape index (κ2) is 4.95. The van der Waals surface area contributed by atoms with Crippen LogP contribution in [0.5, 0.6) is 0 Å². The van der Waals surface area contributed by atoms with Crippen LogP contribution in [0.3, 0.4) is 0 Å². The lowest BCUT2D eigenvalue weighted by molar-refractivity contribution is -0.361. The summed E-state index contributed by atoms with van der Waals surface area (Å²) in [6.45, 7) is 3.56. The van der Waals surface area contributed by atoms with Gasteiger partial charge in [0.15, 0.2) is 12.6 Å². The molecule has 2 aliphatic heterocycles.